The molecule has 0 radical (unpaired) electrons. The van der Waals surface area contributed by atoms with Gasteiger partial charge in [-0.3, -0.25) is 0 Å². The molecule has 0 amide bonds. The van der Waals surface area contributed by atoms with Crippen LogP contribution in [0.4, 0.5) is 4.39 Å². The molecule has 0 bridgehead atoms. The Kier molecular flexibility index (Phi) is 5.22. The number of rotatable bonds is 5. The first-order valence-corrected chi connectivity index (χ1v) is 5.65. The lowest BCUT2D eigenvalue weighted by Crippen LogP contribution is -2.11. The third-order valence-electron chi connectivity index (χ3n) is 2.09. The van der Waals surface area contributed by atoms with Gasteiger partial charge in [0.05, 0.1) is 6.10 Å². The Morgan fingerprint density at radius 2 is 2.07 bits per heavy atom. The summed E-state index contributed by atoms with van der Waals surface area (Å²) in [5.41, 5.74) is 0.757. The summed E-state index contributed by atoms with van der Waals surface area (Å²) in [5, 5.41) is 18.2. The first kappa shape index (κ1) is 12.6. The topological polar surface area (TPSA) is 40.5 Å². The highest BCUT2D eigenvalue weighted by Gasteiger charge is 2.06. The van der Waals surface area contributed by atoms with Crippen LogP contribution in [-0.2, 0) is 6.42 Å². The average Bonchev–Trinajstić information content (AvgIpc) is 2.13. The van der Waals surface area contributed by atoms with Crippen LogP contribution in [0.1, 0.15) is 18.4 Å². The van der Waals surface area contributed by atoms with Crippen molar-refractivity contribution in [3.63, 3.8) is 0 Å². The second kappa shape index (κ2) is 6.20. The Bertz CT molecular complexity index is 297. The van der Waals surface area contributed by atoms with Crippen molar-refractivity contribution in [1.29, 1.82) is 0 Å². The van der Waals surface area contributed by atoms with Crippen molar-refractivity contribution < 1.29 is 14.6 Å². The highest BCUT2D eigenvalue weighted by Crippen LogP contribution is 2.17. The van der Waals surface area contributed by atoms with Crippen LogP contribution in [0.3, 0.4) is 0 Å². The van der Waals surface area contributed by atoms with E-state index < -0.39 is 6.10 Å². The van der Waals surface area contributed by atoms with Gasteiger partial charge in [-0.15, -0.1) is 0 Å². The van der Waals surface area contributed by atoms with E-state index in [4.69, 9.17) is 5.11 Å². The van der Waals surface area contributed by atoms with Gasteiger partial charge >= 0.3 is 0 Å². The van der Waals surface area contributed by atoms with E-state index in [9.17, 15) is 9.50 Å². The predicted molar refractivity (Wildman–Crippen MR) is 60.1 cm³/mol. The highest BCUT2D eigenvalue weighted by atomic mass is 79.9. The fourth-order valence-electron chi connectivity index (χ4n) is 1.43. The summed E-state index contributed by atoms with van der Waals surface area (Å²) in [6, 6.07) is 4.57. The normalized spacial score (nSPS) is 12.8. The fraction of sp³-hybridized carbons (Fsp3) is 0.455. The van der Waals surface area contributed by atoms with Crippen LogP contribution in [-0.4, -0.2) is 22.9 Å². The van der Waals surface area contributed by atoms with E-state index in [-0.39, 0.29) is 12.4 Å². The van der Waals surface area contributed by atoms with Crippen LogP contribution in [0.2, 0.25) is 0 Å². The molecule has 0 aliphatic carbocycles. The molecule has 4 heteroatoms. The number of aliphatic hydroxyl groups is 2. The van der Waals surface area contributed by atoms with E-state index in [1.807, 2.05) is 0 Å². The van der Waals surface area contributed by atoms with Crippen molar-refractivity contribution in [3.05, 3.63) is 34.1 Å². The third kappa shape index (κ3) is 4.73. The summed E-state index contributed by atoms with van der Waals surface area (Å²) in [5.74, 6) is -0.311. The minimum atomic E-state index is -0.522. The largest absolute Gasteiger partial charge is 0.396 e. The standard InChI is InChI=1S/C11H14BrFO2/c12-9-4-8(5-10(13)7-9)6-11(15)2-1-3-14/h4-5,7,11,14-15H,1-3,6H2. The maximum Gasteiger partial charge on any atom is 0.124 e. The van der Waals surface area contributed by atoms with Gasteiger partial charge in [-0.05, 0) is 43.0 Å². The zero-order valence-electron chi connectivity index (χ0n) is 8.29. The maximum atomic E-state index is 13.0. The van der Waals surface area contributed by atoms with Gasteiger partial charge in [0.25, 0.3) is 0 Å². The lowest BCUT2D eigenvalue weighted by molar-refractivity contribution is 0.150. The van der Waals surface area contributed by atoms with E-state index in [0.717, 1.165) is 5.56 Å². The van der Waals surface area contributed by atoms with Crippen molar-refractivity contribution in [2.24, 2.45) is 0 Å². The van der Waals surface area contributed by atoms with Crippen molar-refractivity contribution in [3.8, 4) is 0 Å². The second-order valence-electron chi connectivity index (χ2n) is 3.50. The smallest absolute Gasteiger partial charge is 0.124 e. The molecule has 15 heavy (non-hydrogen) atoms. The molecule has 1 atom stereocenters. The van der Waals surface area contributed by atoms with Crippen LogP contribution in [0, 0.1) is 5.82 Å². The number of benzene rings is 1. The summed E-state index contributed by atoms with van der Waals surface area (Å²) in [6.45, 7) is 0.0733. The first-order valence-electron chi connectivity index (χ1n) is 4.85. The molecule has 0 fully saturated rings. The van der Waals surface area contributed by atoms with Gasteiger partial charge in [0, 0.05) is 11.1 Å². The lowest BCUT2D eigenvalue weighted by Gasteiger charge is -2.10. The number of halogens is 2. The summed E-state index contributed by atoms with van der Waals surface area (Å²) in [4.78, 5) is 0. The minimum Gasteiger partial charge on any atom is -0.396 e. The van der Waals surface area contributed by atoms with Crippen molar-refractivity contribution in [2.75, 3.05) is 6.61 Å². The van der Waals surface area contributed by atoms with Crippen LogP contribution < -0.4 is 0 Å². The molecule has 84 valence electrons. The molecular weight excluding hydrogens is 263 g/mol. The monoisotopic (exact) mass is 276 g/mol. The summed E-state index contributed by atoms with van der Waals surface area (Å²) in [6.07, 6.45) is 0.990. The number of aliphatic hydroxyl groups excluding tert-OH is 2. The molecule has 0 aliphatic rings. The Labute approximate surface area is 96.9 Å². The van der Waals surface area contributed by atoms with Gasteiger partial charge in [0.1, 0.15) is 5.82 Å². The van der Waals surface area contributed by atoms with E-state index in [1.54, 1.807) is 6.07 Å². The molecule has 0 aromatic heterocycles. The molecule has 0 heterocycles. The van der Waals surface area contributed by atoms with Crippen molar-refractivity contribution >= 4 is 15.9 Å². The minimum absolute atomic E-state index is 0.0733. The fourth-order valence-corrected chi connectivity index (χ4v) is 1.94. The highest BCUT2D eigenvalue weighted by molar-refractivity contribution is 9.10. The molecule has 0 spiro atoms. The van der Waals surface area contributed by atoms with E-state index in [2.05, 4.69) is 15.9 Å². The van der Waals surface area contributed by atoms with Gasteiger partial charge < -0.3 is 10.2 Å². The third-order valence-corrected chi connectivity index (χ3v) is 2.55. The molecular formula is C11H14BrFO2. The Morgan fingerprint density at radius 3 is 2.67 bits per heavy atom. The zero-order valence-corrected chi connectivity index (χ0v) is 9.87. The average molecular weight is 277 g/mol. The van der Waals surface area contributed by atoms with Crippen LogP contribution >= 0.6 is 15.9 Å². The van der Waals surface area contributed by atoms with Gasteiger partial charge in [-0.2, -0.15) is 0 Å². The van der Waals surface area contributed by atoms with Gasteiger partial charge in [-0.1, -0.05) is 15.9 Å². The quantitative estimate of drug-likeness (QED) is 0.866. The Morgan fingerprint density at radius 1 is 1.33 bits per heavy atom. The Balaban J connectivity index is 2.56. The second-order valence-corrected chi connectivity index (χ2v) is 4.42. The molecule has 2 nitrogen and oxygen atoms in total. The van der Waals surface area contributed by atoms with E-state index in [0.29, 0.717) is 23.7 Å². The molecule has 0 aliphatic heterocycles. The zero-order chi connectivity index (χ0) is 11.3. The maximum absolute atomic E-state index is 13.0. The van der Waals surface area contributed by atoms with Gasteiger partial charge in [0.2, 0.25) is 0 Å². The predicted octanol–water partition coefficient (Wildman–Crippen LogP) is 2.26. The van der Waals surface area contributed by atoms with Gasteiger partial charge in [-0.25, -0.2) is 4.39 Å². The molecule has 2 N–H and O–H groups in total. The molecule has 1 aromatic carbocycles. The van der Waals surface area contributed by atoms with Crippen LogP contribution in [0.15, 0.2) is 22.7 Å². The molecule has 0 saturated carbocycles. The van der Waals surface area contributed by atoms with E-state index >= 15 is 0 Å². The first-order chi connectivity index (χ1) is 7.11. The summed E-state index contributed by atoms with van der Waals surface area (Å²) in [7, 11) is 0. The molecule has 0 saturated heterocycles. The summed E-state index contributed by atoms with van der Waals surface area (Å²) < 4.78 is 13.7. The number of hydrogen-bond acceptors (Lipinski definition) is 2. The Hall–Kier alpha value is -0.450. The SMILES string of the molecule is OCCCC(O)Cc1cc(F)cc(Br)c1. The molecule has 1 rings (SSSR count). The van der Waals surface area contributed by atoms with Crippen molar-refractivity contribution in [2.45, 2.75) is 25.4 Å². The lowest BCUT2D eigenvalue weighted by atomic mass is 10.0. The molecule has 1 unspecified atom stereocenters. The van der Waals surface area contributed by atoms with Crippen LogP contribution in [0.25, 0.3) is 0 Å². The van der Waals surface area contributed by atoms with Crippen molar-refractivity contribution in [1.82, 2.24) is 0 Å². The molecule has 1 aromatic rings. The number of hydrogen-bond donors (Lipinski definition) is 2. The summed E-state index contributed by atoms with van der Waals surface area (Å²) >= 11 is 3.19. The van der Waals surface area contributed by atoms with Crippen LogP contribution in [0.5, 0.6) is 0 Å². The van der Waals surface area contributed by atoms with E-state index in [1.165, 1.54) is 12.1 Å². The van der Waals surface area contributed by atoms with Gasteiger partial charge in [0.15, 0.2) is 0 Å².